The first-order valence-corrected chi connectivity index (χ1v) is 19.9. The fourth-order valence-corrected chi connectivity index (χ4v) is 11.2. The van der Waals surface area contributed by atoms with Gasteiger partial charge in [-0.1, -0.05) is 101 Å². The van der Waals surface area contributed by atoms with Crippen molar-refractivity contribution in [2.45, 2.75) is 63.9 Å². The van der Waals surface area contributed by atoms with E-state index < -0.39 is 11.6 Å². The summed E-state index contributed by atoms with van der Waals surface area (Å²) in [4.78, 5) is 0. The van der Waals surface area contributed by atoms with Crippen LogP contribution in [-0.4, -0.2) is 21.3 Å². The van der Waals surface area contributed by atoms with Gasteiger partial charge in [0.15, 0.2) is 17.1 Å². The lowest BCUT2D eigenvalue weighted by Crippen LogP contribution is -2.44. The van der Waals surface area contributed by atoms with E-state index in [0.29, 0.717) is 11.5 Å². The van der Waals surface area contributed by atoms with Crippen molar-refractivity contribution < 1.29 is 28.4 Å². The molecule has 0 saturated heterocycles. The minimum atomic E-state index is -1.43. The number of hydrogen-bond acceptors (Lipinski definition) is 6. The Morgan fingerprint density at radius 2 is 1.12 bits per heavy atom. The molecule has 2 aliphatic heterocycles. The van der Waals surface area contributed by atoms with E-state index >= 15 is 0 Å². The number of methoxy groups -OCH3 is 3. The first kappa shape index (κ1) is 35.7. The summed E-state index contributed by atoms with van der Waals surface area (Å²) in [6, 6.07) is 39.5. The summed E-state index contributed by atoms with van der Waals surface area (Å²) >= 11 is 0. The molecule has 1 fully saturated rings. The van der Waals surface area contributed by atoms with E-state index in [-0.39, 0.29) is 16.2 Å². The van der Waals surface area contributed by atoms with Crippen molar-refractivity contribution in [3.63, 3.8) is 0 Å². The summed E-state index contributed by atoms with van der Waals surface area (Å²) in [7, 11) is 5.00. The maximum Gasteiger partial charge on any atom is 0.401 e. The van der Waals surface area contributed by atoms with Crippen molar-refractivity contribution in [3.8, 4) is 39.9 Å². The molecule has 0 radical (unpaired) electrons. The van der Waals surface area contributed by atoms with Gasteiger partial charge in [-0.2, -0.15) is 0 Å². The zero-order chi connectivity index (χ0) is 39.4. The number of rotatable bonds is 6. The highest BCUT2D eigenvalue weighted by Gasteiger charge is 2.56. The Kier molecular flexibility index (Phi) is 7.75. The third-order valence-electron chi connectivity index (χ3n) is 12.7. The van der Waals surface area contributed by atoms with Crippen LogP contribution in [0.4, 0.5) is 0 Å². The largest absolute Gasteiger partial charge is 0.497 e. The van der Waals surface area contributed by atoms with Crippen LogP contribution < -0.4 is 23.7 Å². The molecule has 0 N–H and O–H groups in total. The van der Waals surface area contributed by atoms with Crippen molar-refractivity contribution in [2.24, 2.45) is 10.8 Å². The van der Waals surface area contributed by atoms with Gasteiger partial charge in [0.2, 0.25) is 0 Å². The molecule has 0 aromatic heterocycles. The maximum absolute atomic E-state index is 7.74. The average Bonchev–Trinajstić information content (AvgIpc) is 3.72. The molecule has 288 valence electrons. The molecule has 6 nitrogen and oxygen atoms in total. The molecule has 1 unspecified atom stereocenters. The van der Waals surface area contributed by atoms with Gasteiger partial charge in [0.1, 0.15) is 17.2 Å². The lowest BCUT2D eigenvalue weighted by Gasteiger charge is -2.52. The second-order valence-electron chi connectivity index (χ2n) is 17.8. The lowest BCUT2D eigenvalue weighted by molar-refractivity contribution is -0.279. The van der Waals surface area contributed by atoms with Crippen molar-refractivity contribution in [1.29, 1.82) is 0 Å². The van der Waals surface area contributed by atoms with Gasteiger partial charge in [-0.25, -0.2) is 0 Å². The molecule has 10 rings (SSSR count). The van der Waals surface area contributed by atoms with E-state index in [2.05, 4.69) is 101 Å². The topological polar surface area (TPSA) is 55.4 Å². The zero-order valence-electron chi connectivity index (χ0n) is 33.7. The van der Waals surface area contributed by atoms with Crippen LogP contribution in [0.15, 0.2) is 121 Å². The smallest absolute Gasteiger partial charge is 0.401 e. The van der Waals surface area contributed by atoms with Crippen LogP contribution in [0.1, 0.15) is 80.3 Å². The number of fused-ring (bicyclic) bond motifs is 11. The zero-order valence-corrected chi connectivity index (χ0v) is 33.7. The highest BCUT2D eigenvalue weighted by atomic mass is 16.9. The molecule has 2 aliphatic carbocycles. The van der Waals surface area contributed by atoms with Crippen molar-refractivity contribution in [1.82, 2.24) is 0 Å². The van der Waals surface area contributed by atoms with Crippen LogP contribution in [0.25, 0.3) is 28.0 Å². The molecule has 0 bridgehead atoms. The average molecular weight is 757 g/mol. The van der Waals surface area contributed by atoms with Gasteiger partial charge in [0.25, 0.3) is 0 Å². The third-order valence-corrected chi connectivity index (χ3v) is 12.7. The van der Waals surface area contributed by atoms with Crippen molar-refractivity contribution in [2.75, 3.05) is 21.3 Å². The fourth-order valence-electron chi connectivity index (χ4n) is 11.2. The molecule has 57 heavy (non-hydrogen) atoms. The quantitative estimate of drug-likeness (QED) is 0.169. The number of ether oxygens (including phenoxy) is 6. The summed E-state index contributed by atoms with van der Waals surface area (Å²) in [6.45, 7) is 9.78. The molecule has 1 spiro atoms. The van der Waals surface area contributed by atoms with Gasteiger partial charge in [0.05, 0.1) is 19.8 Å². The van der Waals surface area contributed by atoms with E-state index in [1.807, 2.05) is 54.6 Å². The SMILES string of the molecule is COc1ccc(C2(c3ccc(OC)cc3)C=Cc3c4c(c5cc6c(cc5c3O2)OC(OC)(c2ccccc2)O6)-c2ccccc2C42CC(C)(C)CC(C)(C)C2)cc1. The molecule has 6 aromatic rings. The molecule has 6 heteroatoms. The van der Waals surface area contributed by atoms with Crippen LogP contribution in [-0.2, 0) is 21.7 Å². The predicted molar refractivity (Wildman–Crippen MR) is 224 cm³/mol. The van der Waals surface area contributed by atoms with Gasteiger partial charge < -0.3 is 28.4 Å². The Hall–Kier alpha value is -5.72. The summed E-state index contributed by atoms with van der Waals surface area (Å²) in [5, 5.41) is 2.01. The van der Waals surface area contributed by atoms with Crippen LogP contribution in [0.5, 0.6) is 28.7 Å². The lowest BCUT2D eigenvalue weighted by atomic mass is 9.52. The second-order valence-corrected chi connectivity index (χ2v) is 17.8. The van der Waals surface area contributed by atoms with Crippen LogP contribution in [0, 0.1) is 10.8 Å². The maximum atomic E-state index is 7.74. The second kappa shape index (κ2) is 12.4. The first-order chi connectivity index (χ1) is 27.4. The molecular weight excluding hydrogens is 709 g/mol. The summed E-state index contributed by atoms with van der Waals surface area (Å²) < 4.78 is 38.5. The van der Waals surface area contributed by atoms with Gasteiger partial charge >= 0.3 is 5.97 Å². The molecule has 4 aliphatic rings. The highest BCUT2D eigenvalue weighted by Crippen LogP contribution is 2.67. The van der Waals surface area contributed by atoms with E-state index in [0.717, 1.165) is 69.5 Å². The minimum absolute atomic E-state index is 0.0934. The molecule has 2 heterocycles. The number of hydrogen-bond donors (Lipinski definition) is 0. The Balaban J connectivity index is 1.29. The van der Waals surface area contributed by atoms with Gasteiger partial charge in [-0.15, -0.1) is 0 Å². The summed E-state index contributed by atoms with van der Waals surface area (Å²) in [6.07, 6.45) is 7.77. The molecule has 1 atom stereocenters. The van der Waals surface area contributed by atoms with Gasteiger partial charge in [-0.05, 0) is 112 Å². The molecular formula is C51H48O6. The molecule has 6 aromatic carbocycles. The predicted octanol–water partition coefficient (Wildman–Crippen LogP) is 11.9. The van der Waals surface area contributed by atoms with Crippen molar-refractivity contribution >= 4 is 16.8 Å². The van der Waals surface area contributed by atoms with Gasteiger partial charge in [-0.3, -0.25) is 0 Å². The summed E-state index contributed by atoms with van der Waals surface area (Å²) in [5.41, 5.74) is 8.02. The third kappa shape index (κ3) is 5.26. The Morgan fingerprint density at radius 1 is 0.561 bits per heavy atom. The summed E-state index contributed by atoms with van der Waals surface area (Å²) in [5.74, 6) is 2.16. The Bertz CT molecular complexity index is 2520. The van der Waals surface area contributed by atoms with E-state index in [1.54, 1.807) is 21.3 Å². The standard InChI is InChI=1S/C51H48O6/c1-47(2)29-48(3,4)31-49(30-47)41-16-12-11-15-37(41)44-39-27-42-43(56-51(54-7,55-42)34-13-9-8-10-14-34)28-40(39)46-38(45(44)49)25-26-50(57-46,32-17-21-35(52-5)22-18-32)33-19-23-36(53-6)24-20-33/h8-28H,29-31H2,1-7H3. The van der Waals surface area contributed by atoms with E-state index in [9.17, 15) is 0 Å². The van der Waals surface area contributed by atoms with Crippen LogP contribution >= 0.6 is 0 Å². The normalized spacial score (nSPS) is 21.0. The van der Waals surface area contributed by atoms with E-state index in [4.69, 9.17) is 28.4 Å². The van der Waals surface area contributed by atoms with Gasteiger partial charge in [0, 0.05) is 34.6 Å². The monoisotopic (exact) mass is 756 g/mol. The molecule has 0 amide bonds. The Labute approximate surface area is 335 Å². The highest BCUT2D eigenvalue weighted by molar-refractivity contribution is 6.09. The number of benzene rings is 6. The molecule has 1 saturated carbocycles. The Morgan fingerprint density at radius 3 is 1.70 bits per heavy atom. The van der Waals surface area contributed by atoms with Crippen molar-refractivity contribution in [3.05, 3.63) is 155 Å². The van der Waals surface area contributed by atoms with Crippen LogP contribution in [0.3, 0.4) is 0 Å². The minimum Gasteiger partial charge on any atom is -0.497 e. The van der Waals surface area contributed by atoms with E-state index in [1.165, 1.54) is 22.3 Å². The van der Waals surface area contributed by atoms with Crippen LogP contribution in [0.2, 0.25) is 0 Å². The fraction of sp³-hybridized carbons (Fsp3) is 0.294. The first-order valence-electron chi connectivity index (χ1n) is 19.9.